The van der Waals surface area contributed by atoms with Crippen molar-refractivity contribution in [1.82, 2.24) is 4.57 Å². The summed E-state index contributed by atoms with van der Waals surface area (Å²) in [7, 11) is 0. The summed E-state index contributed by atoms with van der Waals surface area (Å²) in [5.74, 6) is -0.689. The van der Waals surface area contributed by atoms with Gasteiger partial charge >= 0.3 is 5.97 Å². The summed E-state index contributed by atoms with van der Waals surface area (Å²) in [6, 6.07) is 11.2. The zero-order valence-electron chi connectivity index (χ0n) is 19.2. The van der Waals surface area contributed by atoms with E-state index in [2.05, 4.69) is 23.7 Å². The van der Waals surface area contributed by atoms with Crippen LogP contribution in [0, 0.1) is 38.0 Å². The van der Waals surface area contributed by atoms with E-state index < -0.39 is 18.0 Å². The topological polar surface area (TPSA) is 84.1 Å². The monoisotopic (exact) mass is 421 g/mol. The molecular weight excluding hydrogens is 390 g/mol. The number of nitrogens with zero attached hydrogens (tertiary/aromatic N) is 2. The van der Waals surface area contributed by atoms with Crippen LogP contribution < -0.4 is 5.32 Å². The smallest absolute Gasteiger partial charge is 0.349 e. The number of para-hydroxylation sites is 1. The fourth-order valence-electron chi connectivity index (χ4n) is 3.22. The lowest BCUT2D eigenvalue weighted by atomic mass is 10.1. The summed E-state index contributed by atoms with van der Waals surface area (Å²) < 4.78 is 7.44. The Labute approximate surface area is 184 Å². The highest BCUT2D eigenvalue weighted by atomic mass is 16.5. The number of esters is 1. The van der Waals surface area contributed by atoms with Crippen LogP contribution >= 0.6 is 0 Å². The number of amides is 1. The van der Waals surface area contributed by atoms with Crippen molar-refractivity contribution in [3.8, 4) is 6.07 Å². The molecule has 1 atom stereocenters. The first-order chi connectivity index (χ1) is 14.6. The molecule has 1 heterocycles. The molecule has 31 heavy (non-hydrogen) atoms. The second-order valence-corrected chi connectivity index (χ2v) is 8.18. The van der Waals surface area contributed by atoms with Gasteiger partial charge in [-0.25, -0.2) is 4.79 Å². The number of anilines is 1. The Morgan fingerprint density at radius 1 is 1.19 bits per heavy atom. The second-order valence-electron chi connectivity index (χ2n) is 8.18. The largest absolute Gasteiger partial charge is 0.448 e. The van der Waals surface area contributed by atoms with Crippen LogP contribution in [0.25, 0.3) is 6.08 Å². The molecule has 2 aromatic rings. The van der Waals surface area contributed by atoms with E-state index in [1.54, 1.807) is 6.07 Å². The normalized spacial score (nSPS) is 12.4. The van der Waals surface area contributed by atoms with Crippen LogP contribution in [0.5, 0.6) is 0 Å². The number of nitriles is 1. The summed E-state index contributed by atoms with van der Waals surface area (Å²) in [6.07, 6.45) is 1.53. The van der Waals surface area contributed by atoms with E-state index in [-0.39, 0.29) is 5.57 Å². The summed E-state index contributed by atoms with van der Waals surface area (Å²) in [6.45, 7) is 12.6. The number of nitrogens with one attached hydrogen (secondary N) is 1. The maximum Gasteiger partial charge on any atom is 0.349 e. The van der Waals surface area contributed by atoms with Crippen LogP contribution in [0.4, 0.5) is 5.69 Å². The van der Waals surface area contributed by atoms with E-state index in [0.29, 0.717) is 11.6 Å². The van der Waals surface area contributed by atoms with Gasteiger partial charge in [-0.3, -0.25) is 4.79 Å². The minimum absolute atomic E-state index is 0.139. The Bertz CT molecular complexity index is 1030. The molecule has 6 nitrogen and oxygen atoms in total. The molecule has 0 bridgehead atoms. The van der Waals surface area contributed by atoms with Crippen molar-refractivity contribution < 1.29 is 14.3 Å². The Morgan fingerprint density at radius 3 is 2.48 bits per heavy atom. The number of carbonyl (C=O) groups excluding carboxylic acids is 2. The quantitative estimate of drug-likeness (QED) is 0.372. The molecule has 0 spiro atoms. The van der Waals surface area contributed by atoms with Crippen molar-refractivity contribution in [1.29, 1.82) is 5.26 Å². The van der Waals surface area contributed by atoms with Gasteiger partial charge in [0.1, 0.15) is 11.6 Å². The second kappa shape index (κ2) is 10.6. The number of hydrogen-bond donors (Lipinski definition) is 1. The molecule has 0 aliphatic heterocycles. The number of rotatable bonds is 8. The van der Waals surface area contributed by atoms with Gasteiger partial charge in [-0.1, -0.05) is 32.0 Å². The average molecular weight is 422 g/mol. The van der Waals surface area contributed by atoms with Crippen molar-refractivity contribution in [2.24, 2.45) is 5.92 Å². The van der Waals surface area contributed by atoms with Crippen LogP contribution in [0.15, 0.2) is 35.9 Å². The fourth-order valence-corrected chi connectivity index (χ4v) is 3.22. The first-order valence-corrected chi connectivity index (χ1v) is 10.5. The van der Waals surface area contributed by atoms with Gasteiger partial charge in [-0.05, 0) is 69.4 Å². The lowest BCUT2D eigenvalue weighted by molar-refractivity contribution is -0.148. The zero-order valence-corrected chi connectivity index (χ0v) is 19.2. The number of aryl methyl sites for hydroxylation is 2. The molecule has 0 saturated carbocycles. The maximum atomic E-state index is 12.5. The maximum absolute atomic E-state index is 12.5. The number of benzene rings is 1. The third-order valence-electron chi connectivity index (χ3n) is 5.24. The number of hydrogen-bond acceptors (Lipinski definition) is 4. The SMILES string of the molecule is Cc1ccccc1NC(=O)C(C)OC(=O)/C(C#N)=C/c1cc(C)n(CCC(C)C)c1C. The van der Waals surface area contributed by atoms with Crippen LogP contribution in [-0.4, -0.2) is 22.5 Å². The lowest BCUT2D eigenvalue weighted by Crippen LogP contribution is -2.30. The summed E-state index contributed by atoms with van der Waals surface area (Å²) in [4.78, 5) is 24.9. The van der Waals surface area contributed by atoms with Gasteiger partial charge in [0.15, 0.2) is 6.10 Å². The van der Waals surface area contributed by atoms with E-state index in [0.717, 1.165) is 35.5 Å². The predicted octanol–water partition coefficient (Wildman–Crippen LogP) is 4.94. The number of aromatic nitrogens is 1. The first-order valence-electron chi connectivity index (χ1n) is 10.5. The molecule has 0 aliphatic rings. The van der Waals surface area contributed by atoms with Gasteiger partial charge in [0.05, 0.1) is 0 Å². The van der Waals surface area contributed by atoms with E-state index in [1.807, 2.05) is 51.1 Å². The number of carbonyl (C=O) groups is 2. The molecular formula is C25H31N3O3. The molecule has 2 rings (SSSR count). The minimum Gasteiger partial charge on any atom is -0.448 e. The molecule has 1 N–H and O–H groups in total. The lowest BCUT2D eigenvalue weighted by Gasteiger charge is -2.14. The van der Waals surface area contributed by atoms with Crippen LogP contribution in [0.2, 0.25) is 0 Å². The van der Waals surface area contributed by atoms with Gasteiger partial charge in [-0.15, -0.1) is 0 Å². The Kier molecular flexibility index (Phi) is 8.21. The third-order valence-corrected chi connectivity index (χ3v) is 5.24. The van der Waals surface area contributed by atoms with Crippen LogP contribution in [-0.2, 0) is 20.9 Å². The predicted molar refractivity (Wildman–Crippen MR) is 122 cm³/mol. The molecule has 1 aromatic heterocycles. The molecule has 1 aromatic carbocycles. The molecule has 0 saturated heterocycles. The molecule has 6 heteroatoms. The van der Waals surface area contributed by atoms with Gasteiger partial charge < -0.3 is 14.6 Å². The first kappa shape index (κ1) is 23.9. The Balaban J connectivity index is 2.12. The minimum atomic E-state index is -1.04. The summed E-state index contributed by atoms with van der Waals surface area (Å²) in [5, 5.41) is 12.2. The van der Waals surface area contributed by atoms with Crippen molar-refractivity contribution in [2.45, 2.75) is 60.6 Å². The Hall–Kier alpha value is -3.33. The van der Waals surface area contributed by atoms with Crippen LogP contribution in [0.3, 0.4) is 0 Å². The summed E-state index contributed by atoms with van der Waals surface area (Å²) >= 11 is 0. The van der Waals surface area contributed by atoms with Crippen LogP contribution in [0.1, 0.15) is 49.7 Å². The van der Waals surface area contributed by atoms with E-state index >= 15 is 0 Å². The molecule has 0 radical (unpaired) electrons. The fraction of sp³-hybridized carbons (Fsp3) is 0.400. The third kappa shape index (κ3) is 6.32. The van der Waals surface area contributed by atoms with E-state index in [1.165, 1.54) is 13.0 Å². The zero-order chi connectivity index (χ0) is 23.1. The van der Waals surface area contributed by atoms with E-state index in [4.69, 9.17) is 4.74 Å². The highest BCUT2D eigenvalue weighted by molar-refractivity contribution is 6.01. The van der Waals surface area contributed by atoms with Gasteiger partial charge in [0.2, 0.25) is 0 Å². The van der Waals surface area contributed by atoms with Gasteiger partial charge in [0.25, 0.3) is 5.91 Å². The Morgan fingerprint density at radius 2 is 1.87 bits per heavy atom. The standard InChI is InChI=1S/C25H31N3O3/c1-16(2)11-12-28-18(4)13-21(19(28)5)14-22(15-26)25(30)31-20(6)24(29)27-23-10-8-7-9-17(23)3/h7-10,13-14,16,20H,11-12H2,1-6H3,(H,27,29)/b22-14+. The van der Waals surface area contributed by atoms with Crippen molar-refractivity contribution in [3.05, 3.63) is 58.4 Å². The molecule has 1 unspecified atom stereocenters. The molecule has 164 valence electrons. The summed E-state index contributed by atoms with van der Waals surface area (Å²) in [5.41, 5.74) is 4.27. The highest BCUT2D eigenvalue weighted by Crippen LogP contribution is 2.20. The molecule has 1 amide bonds. The van der Waals surface area contributed by atoms with Gasteiger partial charge in [0, 0.05) is 23.6 Å². The van der Waals surface area contributed by atoms with Gasteiger partial charge in [-0.2, -0.15) is 5.26 Å². The van der Waals surface area contributed by atoms with E-state index in [9.17, 15) is 14.9 Å². The number of ether oxygens (including phenoxy) is 1. The molecule has 0 aliphatic carbocycles. The van der Waals surface area contributed by atoms with Crippen molar-refractivity contribution in [3.63, 3.8) is 0 Å². The van der Waals surface area contributed by atoms with Crippen molar-refractivity contribution in [2.75, 3.05) is 5.32 Å². The molecule has 0 fully saturated rings. The average Bonchev–Trinajstić information content (AvgIpc) is 2.98. The highest BCUT2D eigenvalue weighted by Gasteiger charge is 2.21. The van der Waals surface area contributed by atoms with Crippen molar-refractivity contribution >= 4 is 23.6 Å².